The highest BCUT2D eigenvalue weighted by atomic mass is 32.2. The number of rotatable bonds is 7. The van der Waals surface area contributed by atoms with Gasteiger partial charge < -0.3 is 10.2 Å². The SMILES string of the molecule is CCOC(=O)/C(C#N)=C/NNC(=O)[C@@H]1CCCN(S(=O)(=O)c2ccc(C)cc2)C1. The number of hydrogen-bond donors (Lipinski definition) is 2. The number of hydrogen-bond acceptors (Lipinski definition) is 7. The van der Waals surface area contributed by atoms with Gasteiger partial charge in [-0.1, -0.05) is 17.7 Å². The molecule has 0 saturated carbocycles. The molecule has 0 unspecified atom stereocenters. The van der Waals surface area contributed by atoms with Crippen LogP contribution in [0.15, 0.2) is 40.9 Å². The third-order valence-electron chi connectivity index (χ3n) is 4.44. The molecular weight excluding hydrogens is 396 g/mol. The molecule has 1 saturated heterocycles. The molecule has 1 fully saturated rings. The number of carbonyl (C=O) groups is 2. The van der Waals surface area contributed by atoms with E-state index in [2.05, 4.69) is 10.9 Å². The summed E-state index contributed by atoms with van der Waals surface area (Å²) < 4.78 is 31.7. The standard InChI is InChI=1S/C19H24N4O5S/c1-3-28-19(25)16(11-20)12-21-22-18(24)15-5-4-10-23(13-15)29(26,27)17-8-6-14(2)7-9-17/h6-9,12,15,21H,3-5,10,13H2,1-2H3,(H,22,24)/b16-12+/t15-/m1/s1. The van der Waals surface area contributed by atoms with Gasteiger partial charge in [0.25, 0.3) is 0 Å². The lowest BCUT2D eigenvalue weighted by molar-refractivity contribution is -0.138. The van der Waals surface area contributed by atoms with E-state index in [1.165, 1.54) is 4.31 Å². The highest BCUT2D eigenvalue weighted by Crippen LogP contribution is 2.24. The lowest BCUT2D eigenvalue weighted by atomic mass is 9.99. The van der Waals surface area contributed by atoms with Crippen molar-refractivity contribution in [3.8, 4) is 6.07 Å². The Morgan fingerprint density at radius 1 is 1.34 bits per heavy atom. The van der Waals surface area contributed by atoms with Crippen LogP contribution in [0.3, 0.4) is 0 Å². The Labute approximate surface area is 170 Å². The number of nitriles is 1. The minimum Gasteiger partial charge on any atom is -0.462 e. The Morgan fingerprint density at radius 3 is 2.66 bits per heavy atom. The first kappa shape index (κ1) is 22.4. The number of piperidine rings is 1. The second-order valence-corrected chi connectivity index (χ2v) is 8.48. The molecule has 156 valence electrons. The lowest BCUT2D eigenvalue weighted by Gasteiger charge is -2.31. The van der Waals surface area contributed by atoms with Crippen LogP contribution in [0, 0.1) is 24.2 Å². The first-order valence-corrected chi connectivity index (χ1v) is 10.6. The van der Waals surface area contributed by atoms with Crippen LogP contribution in [0.25, 0.3) is 0 Å². The maximum Gasteiger partial charge on any atom is 0.350 e. The number of esters is 1. The Balaban J connectivity index is 1.99. The lowest BCUT2D eigenvalue weighted by Crippen LogP contribution is -2.47. The molecule has 1 aromatic rings. The van der Waals surface area contributed by atoms with Crippen molar-refractivity contribution >= 4 is 21.9 Å². The normalized spacial score (nSPS) is 17.8. The van der Waals surface area contributed by atoms with Crippen molar-refractivity contribution < 1.29 is 22.7 Å². The van der Waals surface area contributed by atoms with E-state index < -0.39 is 27.8 Å². The van der Waals surface area contributed by atoms with Gasteiger partial charge in [-0.2, -0.15) is 9.57 Å². The Hall–Kier alpha value is -2.90. The van der Waals surface area contributed by atoms with Gasteiger partial charge >= 0.3 is 5.97 Å². The second kappa shape index (κ2) is 10.0. The molecule has 1 heterocycles. The zero-order valence-corrected chi connectivity index (χ0v) is 17.2. The zero-order chi connectivity index (χ0) is 21.4. The van der Waals surface area contributed by atoms with E-state index in [1.54, 1.807) is 37.3 Å². The number of hydrazine groups is 1. The van der Waals surface area contributed by atoms with Crippen LogP contribution in [0.1, 0.15) is 25.3 Å². The molecule has 1 amide bonds. The van der Waals surface area contributed by atoms with E-state index in [0.717, 1.165) is 11.8 Å². The molecule has 1 aromatic carbocycles. The number of sulfonamides is 1. The summed E-state index contributed by atoms with van der Waals surface area (Å²) in [6.45, 7) is 4.00. The van der Waals surface area contributed by atoms with Gasteiger partial charge in [-0.3, -0.25) is 10.2 Å². The van der Waals surface area contributed by atoms with E-state index in [9.17, 15) is 18.0 Å². The molecule has 10 heteroatoms. The Kier molecular flexibility index (Phi) is 7.75. The molecule has 0 aliphatic carbocycles. The van der Waals surface area contributed by atoms with Gasteiger partial charge in [-0.15, -0.1) is 0 Å². The summed E-state index contributed by atoms with van der Waals surface area (Å²) in [6, 6.07) is 8.24. The maximum absolute atomic E-state index is 12.8. The number of amides is 1. The van der Waals surface area contributed by atoms with E-state index in [0.29, 0.717) is 19.4 Å². The van der Waals surface area contributed by atoms with Crippen molar-refractivity contribution in [2.45, 2.75) is 31.6 Å². The summed E-state index contributed by atoms with van der Waals surface area (Å²) in [6.07, 6.45) is 2.12. The molecule has 1 atom stereocenters. The molecule has 2 N–H and O–H groups in total. The van der Waals surface area contributed by atoms with Gasteiger partial charge in [0.2, 0.25) is 15.9 Å². The molecule has 0 radical (unpaired) electrons. The Bertz CT molecular complexity index is 919. The quantitative estimate of drug-likeness (QED) is 0.291. The fourth-order valence-electron chi connectivity index (χ4n) is 2.86. The van der Waals surface area contributed by atoms with Gasteiger partial charge in [-0.25, -0.2) is 13.2 Å². The van der Waals surface area contributed by atoms with Crippen LogP contribution in [-0.4, -0.2) is 44.3 Å². The predicted octanol–water partition coefficient (Wildman–Crippen LogP) is 0.987. The molecule has 0 spiro atoms. The van der Waals surface area contributed by atoms with E-state index >= 15 is 0 Å². The predicted molar refractivity (Wildman–Crippen MR) is 104 cm³/mol. The average Bonchev–Trinajstić information content (AvgIpc) is 2.71. The Morgan fingerprint density at radius 2 is 2.03 bits per heavy atom. The maximum atomic E-state index is 12.8. The molecule has 2 rings (SSSR count). The molecule has 29 heavy (non-hydrogen) atoms. The van der Waals surface area contributed by atoms with Crippen molar-refractivity contribution in [1.82, 2.24) is 15.2 Å². The molecule has 0 bridgehead atoms. The number of ether oxygens (including phenoxy) is 1. The van der Waals surface area contributed by atoms with Crippen LogP contribution < -0.4 is 10.9 Å². The molecule has 1 aliphatic heterocycles. The zero-order valence-electron chi connectivity index (χ0n) is 16.3. The van der Waals surface area contributed by atoms with Gasteiger partial charge in [-0.05, 0) is 38.8 Å². The van der Waals surface area contributed by atoms with E-state index in [1.807, 2.05) is 6.92 Å². The van der Waals surface area contributed by atoms with E-state index in [4.69, 9.17) is 10.00 Å². The number of nitrogens with one attached hydrogen (secondary N) is 2. The highest BCUT2D eigenvalue weighted by molar-refractivity contribution is 7.89. The monoisotopic (exact) mass is 420 g/mol. The second-order valence-electron chi connectivity index (χ2n) is 6.54. The summed E-state index contributed by atoms with van der Waals surface area (Å²) in [5.74, 6) is -1.78. The summed E-state index contributed by atoms with van der Waals surface area (Å²) >= 11 is 0. The summed E-state index contributed by atoms with van der Waals surface area (Å²) in [4.78, 5) is 24.1. The van der Waals surface area contributed by atoms with Gasteiger partial charge in [0.1, 0.15) is 6.07 Å². The summed E-state index contributed by atoms with van der Waals surface area (Å²) in [5, 5.41) is 8.94. The fourth-order valence-corrected chi connectivity index (χ4v) is 4.38. The third-order valence-corrected chi connectivity index (χ3v) is 6.32. The van der Waals surface area contributed by atoms with Gasteiger partial charge in [0.15, 0.2) is 5.57 Å². The van der Waals surface area contributed by atoms with Crippen LogP contribution in [0.2, 0.25) is 0 Å². The number of benzene rings is 1. The van der Waals surface area contributed by atoms with Crippen molar-refractivity contribution in [3.63, 3.8) is 0 Å². The van der Waals surface area contributed by atoms with E-state index in [-0.39, 0.29) is 23.6 Å². The number of nitrogens with zero attached hydrogens (tertiary/aromatic N) is 2. The van der Waals surface area contributed by atoms with Crippen LogP contribution in [-0.2, 0) is 24.3 Å². The van der Waals surface area contributed by atoms with Crippen molar-refractivity contribution in [2.24, 2.45) is 5.92 Å². The summed E-state index contributed by atoms with van der Waals surface area (Å²) in [7, 11) is -3.68. The first-order chi connectivity index (χ1) is 13.8. The topological polar surface area (TPSA) is 129 Å². The minimum atomic E-state index is -3.68. The fraction of sp³-hybridized carbons (Fsp3) is 0.421. The third kappa shape index (κ3) is 5.79. The molecule has 9 nitrogen and oxygen atoms in total. The summed E-state index contributed by atoms with van der Waals surface area (Å²) in [5.41, 5.74) is 5.46. The largest absolute Gasteiger partial charge is 0.462 e. The molecular formula is C19H24N4O5S. The van der Waals surface area contributed by atoms with Gasteiger partial charge in [0, 0.05) is 19.3 Å². The molecule has 0 aromatic heterocycles. The number of aryl methyl sites for hydroxylation is 1. The molecule has 1 aliphatic rings. The first-order valence-electron chi connectivity index (χ1n) is 9.19. The van der Waals surface area contributed by atoms with Crippen molar-refractivity contribution in [2.75, 3.05) is 19.7 Å². The van der Waals surface area contributed by atoms with Gasteiger partial charge in [0.05, 0.1) is 17.4 Å². The number of carbonyl (C=O) groups excluding carboxylic acids is 2. The van der Waals surface area contributed by atoms with Crippen LogP contribution in [0.5, 0.6) is 0 Å². The van der Waals surface area contributed by atoms with Crippen molar-refractivity contribution in [3.05, 3.63) is 41.6 Å². The minimum absolute atomic E-state index is 0.0520. The van der Waals surface area contributed by atoms with Crippen molar-refractivity contribution in [1.29, 1.82) is 5.26 Å². The van der Waals surface area contributed by atoms with Crippen LogP contribution >= 0.6 is 0 Å². The van der Waals surface area contributed by atoms with Crippen LogP contribution in [0.4, 0.5) is 0 Å². The average molecular weight is 420 g/mol. The highest BCUT2D eigenvalue weighted by Gasteiger charge is 2.33. The smallest absolute Gasteiger partial charge is 0.350 e.